The van der Waals surface area contributed by atoms with Crippen molar-refractivity contribution in [3.63, 3.8) is 0 Å². The Balaban J connectivity index is 0.00000196. The summed E-state index contributed by atoms with van der Waals surface area (Å²) >= 11 is 0. The smallest absolute Gasteiger partial charge is 0.250 e. The van der Waals surface area contributed by atoms with Crippen molar-refractivity contribution in [2.75, 3.05) is 0 Å². The van der Waals surface area contributed by atoms with E-state index in [1.807, 2.05) is 0 Å². The number of hydrogen-bond acceptors (Lipinski definition) is 2. The van der Waals surface area contributed by atoms with Crippen LogP contribution >= 0.6 is 0 Å². The number of alkyl halides is 2. The number of rotatable bonds is 2. The van der Waals surface area contributed by atoms with Crippen molar-refractivity contribution in [3.8, 4) is 0 Å². The molecule has 2 nitrogen and oxygen atoms in total. The summed E-state index contributed by atoms with van der Waals surface area (Å²) in [5.74, 6) is -9.48. The third-order valence-corrected chi connectivity index (χ3v) is 2.97. The second kappa shape index (κ2) is 5.07. The minimum Gasteiger partial charge on any atom is -0.404 e. The number of hydrogen-bond donors (Lipinski definition) is 0. The molecule has 0 aliphatic heterocycles. The van der Waals surface area contributed by atoms with Gasteiger partial charge in [-0.1, -0.05) is 6.08 Å². The zero-order chi connectivity index (χ0) is 11.0. The summed E-state index contributed by atoms with van der Waals surface area (Å²) in [7, 11) is -0.407. The van der Waals surface area contributed by atoms with Crippen LogP contribution in [0.25, 0.3) is 0 Å². The molecule has 1 rings (SSSR count). The normalized spacial score (nSPS) is 35.7. The average molecular weight is 291 g/mol. The van der Waals surface area contributed by atoms with Crippen molar-refractivity contribution in [1.82, 2.24) is 0 Å². The van der Waals surface area contributed by atoms with E-state index in [2.05, 4.69) is 8.85 Å². The number of allylic oxidation sites excluding steroid dienone is 2. The molecule has 84 valence electrons. The predicted octanol–water partition coefficient (Wildman–Crippen LogP) is -0.567. The van der Waals surface area contributed by atoms with Gasteiger partial charge in [-0.15, -0.1) is 0 Å². The predicted molar refractivity (Wildman–Crippen MR) is 46.8 cm³/mol. The minimum absolute atomic E-state index is 0. The van der Waals surface area contributed by atoms with Crippen molar-refractivity contribution in [1.29, 1.82) is 0 Å². The summed E-state index contributed by atoms with van der Waals surface area (Å²) in [6.07, 6.45) is 1.38. The zero-order valence-electron chi connectivity index (χ0n) is 7.91. The molecule has 0 bridgehead atoms. The fraction of sp³-hybridized carbons (Fsp3) is 0.333. The van der Waals surface area contributed by atoms with E-state index in [0.29, 0.717) is 0 Å². The molecule has 0 radical (unpaired) electrons. The average Bonchev–Trinajstić information content (AvgIpc) is 2.15. The third-order valence-electron chi connectivity index (χ3n) is 1.81. The molecule has 0 N–H and O–H groups in total. The van der Waals surface area contributed by atoms with Gasteiger partial charge in [0.25, 0.3) is 0 Å². The van der Waals surface area contributed by atoms with Crippen LogP contribution in [0.1, 0.15) is 0 Å². The van der Waals surface area contributed by atoms with Gasteiger partial charge in [-0.05, 0) is 5.83 Å². The SMILES string of the molecule is FC1=[C-]C(F)(O[SiH3])C(F)(O[SiH3])C=C1F.[Ti]. The Kier molecular flexibility index (Phi) is 5.16. The fourth-order valence-corrected chi connectivity index (χ4v) is 1.75. The molecular formula is C6H7F4O2Si2Ti-. The van der Waals surface area contributed by atoms with Crippen molar-refractivity contribution in [2.24, 2.45) is 0 Å². The van der Waals surface area contributed by atoms with E-state index in [1.54, 1.807) is 0 Å². The molecule has 2 atom stereocenters. The molecule has 1 aliphatic rings. The van der Waals surface area contributed by atoms with Gasteiger partial charge in [0.15, 0.2) is 10.5 Å². The summed E-state index contributed by atoms with van der Waals surface area (Å²) in [5.41, 5.74) is 0. The maximum atomic E-state index is 13.6. The summed E-state index contributed by atoms with van der Waals surface area (Å²) in [4.78, 5) is 0. The Morgan fingerprint density at radius 2 is 1.73 bits per heavy atom. The van der Waals surface area contributed by atoms with Crippen LogP contribution in [0.5, 0.6) is 0 Å². The molecule has 0 fully saturated rings. The first-order chi connectivity index (χ1) is 6.38. The molecule has 1 aliphatic carbocycles. The van der Waals surface area contributed by atoms with Gasteiger partial charge >= 0.3 is 0 Å². The molecule has 2 unspecified atom stereocenters. The first-order valence-electron chi connectivity index (χ1n) is 3.56. The molecule has 0 spiro atoms. The third kappa shape index (κ3) is 2.51. The largest absolute Gasteiger partial charge is 0.404 e. The van der Waals surface area contributed by atoms with E-state index in [1.165, 1.54) is 6.08 Å². The van der Waals surface area contributed by atoms with Gasteiger partial charge in [-0.3, -0.25) is 0 Å². The molecule has 0 aromatic heterocycles. The van der Waals surface area contributed by atoms with Crippen LogP contribution in [0.4, 0.5) is 17.6 Å². The Labute approximate surface area is 105 Å². The summed E-state index contributed by atoms with van der Waals surface area (Å²) < 4.78 is 60.7. The van der Waals surface area contributed by atoms with E-state index in [4.69, 9.17) is 0 Å². The van der Waals surface area contributed by atoms with E-state index >= 15 is 0 Å². The summed E-state index contributed by atoms with van der Waals surface area (Å²) in [6.45, 7) is 0. The maximum absolute atomic E-state index is 13.6. The van der Waals surface area contributed by atoms with E-state index in [9.17, 15) is 17.6 Å². The molecule has 0 saturated heterocycles. The van der Waals surface area contributed by atoms with Crippen LogP contribution in [0.15, 0.2) is 17.7 Å². The molecule has 15 heavy (non-hydrogen) atoms. The number of halogens is 4. The van der Waals surface area contributed by atoms with Crippen molar-refractivity contribution in [2.45, 2.75) is 11.7 Å². The van der Waals surface area contributed by atoms with Crippen LogP contribution in [0.3, 0.4) is 0 Å². The topological polar surface area (TPSA) is 18.5 Å². The Hall–Kier alpha value is 0.268. The molecule has 0 amide bonds. The van der Waals surface area contributed by atoms with Crippen LogP contribution in [0, 0.1) is 6.08 Å². The van der Waals surface area contributed by atoms with Gasteiger partial charge in [0.1, 0.15) is 10.5 Å². The van der Waals surface area contributed by atoms with Gasteiger partial charge in [0.05, 0.1) is 0 Å². The summed E-state index contributed by atoms with van der Waals surface area (Å²) in [6, 6.07) is 0. The molecule has 0 saturated carbocycles. The second-order valence-corrected chi connectivity index (χ2v) is 3.40. The minimum atomic E-state index is -3.19. The fourth-order valence-electron chi connectivity index (χ4n) is 0.986. The van der Waals surface area contributed by atoms with Gasteiger partial charge in [0.2, 0.25) is 11.7 Å². The maximum Gasteiger partial charge on any atom is 0.250 e. The van der Waals surface area contributed by atoms with Gasteiger partial charge in [-0.2, -0.15) is 6.08 Å². The molecule has 0 aromatic rings. The van der Waals surface area contributed by atoms with E-state index < -0.39 is 23.4 Å². The van der Waals surface area contributed by atoms with Crippen molar-refractivity contribution in [3.05, 3.63) is 23.8 Å². The van der Waals surface area contributed by atoms with Crippen LogP contribution < -0.4 is 0 Å². The monoisotopic (exact) mass is 291 g/mol. The van der Waals surface area contributed by atoms with Crippen LogP contribution in [-0.4, -0.2) is 32.7 Å². The van der Waals surface area contributed by atoms with E-state index in [-0.39, 0.29) is 48.8 Å². The van der Waals surface area contributed by atoms with Crippen molar-refractivity contribution < 1.29 is 48.1 Å². The van der Waals surface area contributed by atoms with Gasteiger partial charge < -0.3 is 13.2 Å². The molecule has 9 heteroatoms. The Morgan fingerprint density at radius 1 is 1.20 bits per heavy atom. The van der Waals surface area contributed by atoms with Crippen LogP contribution in [-0.2, 0) is 30.6 Å². The molecule has 0 heterocycles. The molecular weight excluding hydrogens is 284 g/mol. The first-order valence-corrected chi connectivity index (χ1v) is 5.19. The van der Waals surface area contributed by atoms with Crippen molar-refractivity contribution >= 4 is 21.0 Å². The Bertz CT molecular complexity index is 284. The Morgan fingerprint density at radius 3 is 2.13 bits per heavy atom. The van der Waals surface area contributed by atoms with Crippen LogP contribution in [0.2, 0.25) is 0 Å². The van der Waals surface area contributed by atoms with Gasteiger partial charge in [-0.25, -0.2) is 13.2 Å². The molecule has 0 aromatic carbocycles. The standard InChI is InChI=1S/C6H7F4O2Si2.Ti/c7-3-1-5(9,11-13)6(10,12-14)2-4(3)8;/h1H,13-14H3;/q-1;. The summed E-state index contributed by atoms with van der Waals surface area (Å²) in [5, 5.41) is 0. The zero-order valence-corrected chi connectivity index (χ0v) is 13.5. The van der Waals surface area contributed by atoms with Gasteiger partial charge in [0, 0.05) is 27.5 Å². The second-order valence-electron chi connectivity index (χ2n) is 2.58. The quantitative estimate of drug-likeness (QED) is 0.385. The first kappa shape index (κ1) is 15.3. The van der Waals surface area contributed by atoms with E-state index in [0.717, 1.165) is 0 Å².